The fraction of sp³-hybridized carbons (Fsp3) is 0.200. The lowest BCUT2D eigenvalue weighted by atomic mass is 10.3. The number of amides is 1. The van der Waals surface area contributed by atoms with Gasteiger partial charge in [0.2, 0.25) is 0 Å². The molecule has 0 aliphatic carbocycles. The molecule has 2 heterocycles. The number of aromatic amines is 2. The Kier molecular flexibility index (Phi) is 4.60. The molecule has 0 saturated carbocycles. The Balaban J connectivity index is 0.00000128. The molecule has 1 amide bonds. The van der Waals surface area contributed by atoms with Crippen LogP contribution in [0.25, 0.3) is 0 Å². The largest absolute Gasteiger partial charge is 0.357 e. The van der Waals surface area contributed by atoms with Gasteiger partial charge in [0.05, 0.1) is 12.0 Å². The van der Waals surface area contributed by atoms with E-state index in [0.717, 1.165) is 12.1 Å². The lowest BCUT2D eigenvalue weighted by molar-refractivity contribution is 0.0949. The minimum Gasteiger partial charge on any atom is -0.357 e. The SMILES string of the molecule is Cl.O=C(NCCc1c[nH]cn1)c1ccc[nH]1. The first-order chi connectivity index (χ1) is 7.36. The number of hydrogen-bond acceptors (Lipinski definition) is 2. The molecule has 0 aromatic carbocycles. The van der Waals surface area contributed by atoms with Gasteiger partial charge < -0.3 is 15.3 Å². The van der Waals surface area contributed by atoms with Gasteiger partial charge in [-0.25, -0.2) is 4.98 Å². The van der Waals surface area contributed by atoms with Gasteiger partial charge in [-0.1, -0.05) is 0 Å². The first-order valence-corrected chi connectivity index (χ1v) is 4.75. The fourth-order valence-corrected chi connectivity index (χ4v) is 1.30. The molecule has 5 nitrogen and oxygen atoms in total. The van der Waals surface area contributed by atoms with Gasteiger partial charge in [-0.15, -0.1) is 12.4 Å². The van der Waals surface area contributed by atoms with Crippen molar-refractivity contribution < 1.29 is 4.79 Å². The zero-order valence-corrected chi connectivity index (χ0v) is 9.38. The second kappa shape index (κ2) is 5.97. The Labute approximate surface area is 99.1 Å². The number of carbonyl (C=O) groups excluding carboxylic acids is 1. The molecule has 0 atom stereocenters. The summed E-state index contributed by atoms with van der Waals surface area (Å²) in [7, 11) is 0. The number of H-pyrrole nitrogens is 2. The lowest BCUT2D eigenvalue weighted by Gasteiger charge is -2.01. The summed E-state index contributed by atoms with van der Waals surface area (Å²) in [5.41, 5.74) is 1.53. The van der Waals surface area contributed by atoms with Gasteiger partial charge >= 0.3 is 0 Å². The van der Waals surface area contributed by atoms with E-state index >= 15 is 0 Å². The third kappa shape index (κ3) is 3.13. The van der Waals surface area contributed by atoms with Crippen molar-refractivity contribution in [2.45, 2.75) is 6.42 Å². The molecule has 86 valence electrons. The molecule has 0 spiro atoms. The Hall–Kier alpha value is -1.75. The van der Waals surface area contributed by atoms with Crippen LogP contribution in [-0.4, -0.2) is 27.4 Å². The molecule has 2 rings (SSSR count). The van der Waals surface area contributed by atoms with Crippen LogP contribution in [0.1, 0.15) is 16.2 Å². The Morgan fingerprint density at radius 3 is 3.00 bits per heavy atom. The lowest BCUT2D eigenvalue weighted by Crippen LogP contribution is -2.25. The highest BCUT2D eigenvalue weighted by Crippen LogP contribution is 1.94. The molecule has 2 aromatic rings. The Morgan fingerprint density at radius 1 is 1.50 bits per heavy atom. The molecule has 0 radical (unpaired) electrons. The molecule has 16 heavy (non-hydrogen) atoms. The van der Waals surface area contributed by atoms with Crippen molar-refractivity contribution in [2.75, 3.05) is 6.54 Å². The monoisotopic (exact) mass is 240 g/mol. The average molecular weight is 241 g/mol. The molecule has 0 fully saturated rings. The summed E-state index contributed by atoms with van der Waals surface area (Å²) in [6.07, 6.45) is 5.90. The Morgan fingerprint density at radius 2 is 2.38 bits per heavy atom. The summed E-state index contributed by atoms with van der Waals surface area (Å²) < 4.78 is 0. The average Bonchev–Trinajstić information content (AvgIpc) is 2.90. The van der Waals surface area contributed by atoms with Crippen LogP contribution in [0.5, 0.6) is 0 Å². The van der Waals surface area contributed by atoms with Crippen molar-refractivity contribution in [1.82, 2.24) is 20.3 Å². The van der Waals surface area contributed by atoms with Crippen molar-refractivity contribution in [2.24, 2.45) is 0 Å². The highest BCUT2D eigenvalue weighted by molar-refractivity contribution is 5.92. The fourth-order valence-electron chi connectivity index (χ4n) is 1.30. The van der Waals surface area contributed by atoms with Crippen LogP contribution >= 0.6 is 12.4 Å². The smallest absolute Gasteiger partial charge is 0.267 e. The molecule has 3 N–H and O–H groups in total. The van der Waals surface area contributed by atoms with Crippen molar-refractivity contribution >= 4 is 18.3 Å². The maximum Gasteiger partial charge on any atom is 0.267 e. The first-order valence-electron chi connectivity index (χ1n) is 4.75. The van der Waals surface area contributed by atoms with Gasteiger partial charge in [0.1, 0.15) is 5.69 Å². The van der Waals surface area contributed by atoms with Crippen LogP contribution in [0.3, 0.4) is 0 Å². The van der Waals surface area contributed by atoms with Crippen LogP contribution in [0.15, 0.2) is 30.9 Å². The summed E-state index contributed by atoms with van der Waals surface area (Å²) >= 11 is 0. The number of nitrogens with one attached hydrogen (secondary N) is 3. The van der Waals surface area contributed by atoms with E-state index in [0.29, 0.717) is 12.2 Å². The molecule has 0 bridgehead atoms. The van der Waals surface area contributed by atoms with E-state index in [4.69, 9.17) is 0 Å². The molecular weight excluding hydrogens is 228 g/mol. The minimum atomic E-state index is -0.0875. The molecule has 0 aliphatic heterocycles. The number of aromatic nitrogens is 3. The number of rotatable bonds is 4. The number of nitrogens with zero attached hydrogens (tertiary/aromatic N) is 1. The summed E-state index contributed by atoms with van der Waals surface area (Å²) in [6.45, 7) is 0.586. The van der Waals surface area contributed by atoms with Crippen LogP contribution in [0, 0.1) is 0 Å². The van der Waals surface area contributed by atoms with Crippen LogP contribution in [0.2, 0.25) is 0 Å². The highest BCUT2D eigenvalue weighted by atomic mass is 35.5. The third-order valence-corrected chi connectivity index (χ3v) is 2.06. The zero-order chi connectivity index (χ0) is 10.5. The quantitative estimate of drug-likeness (QED) is 0.750. The normalized spacial score (nSPS) is 9.50. The van der Waals surface area contributed by atoms with Gasteiger partial charge in [0.15, 0.2) is 0 Å². The van der Waals surface area contributed by atoms with Crippen molar-refractivity contribution in [3.63, 3.8) is 0 Å². The summed E-state index contributed by atoms with van der Waals surface area (Å²) in [5.74, 6) is -0.0875. The molecule has 6 heteroatoms. The predicted octanol–water partition coefficient (Wildman–Crippen LogP) is 1.13. The van der Waals surface area contributed by atoms with Crippen LogP contribution in [-0.2, 0) is 6.42 Å². The van der Waals surface area contributed by atoms with Gasteiger partial charge in [0, 0.05) is 25.4 Å². The maximum absolute atomic E-state index is 11.5. The van der Waals surface area contributed by atoms with Crippen molar-refractivity contribution in [3.05, 3.63) is 42.2 Å². The summed E-state index contributed by atoms with van der Waals surface area (Å²) in [5, 5.41) is 2.80. The summed E-state index contributed by atoms with van der Waals surface area (Å²) in [6, 6.07) is 3.53. The predicted molar refractivity (Wildman–Crippen MR) is 62.7 cm³/mol. The standard InChI is InChI=1S/C10H12N4O.ClH/c15-10(9-2-1-4-12-9)13-5-3-8-6-11-7-14-8;/h1-2,4,6-7,12H,3,5H2,(H,11,14)(H,13,15);1H. The number of carbonyl (C=O) groups is 1. The van der Waals surface area contributed by atoms with Gasteiger partial charge in [-0.05, 0) is 12.1 Å². The van der Waals surface area contributed by atoms with Gasteiger partial charge in [-0.3, -0.25) is 4.79 Å². The maximum atomic E-state index is 11.5. The molecule has 2 aromatic heterocycles. The molecule has 0 unspecified atom stereocenters. The molecule has 0 aliphatic rings. The highest BCUT2D eigenvalue weighted by Gasteiger charge is 2.04. The number of imidazole rings is 1. The van der Waals surface area contributed by atoms with E-state index < -0.39 is 0 Å². The van der Waals surface area contributed by atoms with Crippen LogP contribution in [0.4, 0.5) is 0 Å². The minimum absolute atomic E-state index is 0. The van der Waals surface area contributed by atoms with E-state index in [2.05, 4.69) is 20.3 Å². The molecular formula is C10H13ClN4O. The Bertz CT molecular complexity index is 410. The van der Waals surface area contributed by atoms with E-state index in [-0.39, 0.29) is 18.3 Å². The van der Waals surface area contributed by atoms with E-state index in [1.165, 1.54) is 0 Å². The van der Waals surface area contributed by atoms with E-state index in [1.807, 2.05) is 6.20 Å². The van der Waals surface area contributed by atoms with E-state index in [9.17, 15) is 4.79 Å². The second-order valence-electron chi connectivity index (χ2n) is 3.15. The topological polar surface area (TPSA) is 73.6 Å². The summed E-state index contributed by atoms with van der Waals surface area (Å²) in [4.78, 5) is 21.2. The van der Waals surface area contributed by atoms with E-state index in [1.54, 1.807) is 24.7 Å². The number of halogens is 1. The number of hydrogen-bond donors (Lipinski definition) is 3. The third-order valence-electron chi connectivity index (χ3n) is 2.06. The first kappa shape index (κ1) is 12.3. The zero-order valence-electron chi connectivity index (χ0n) is 8.56. The van der Waals surface area contributed by atoms with Gasteiger partial charge in [-0.2, -0.15) is 0 Å². The second-order valence-corrected chi connectivity index (χ2v) is 3.15. The van der Waals surface area contributed by atoms with Gasteiger partial charge in [0.25, 0.3) is 5.91 Å². The molecule has 0 saturated heterocycles. The van der Waals surface area contributed by atoms with Crippen LogP contribution < -0.4 is 5.32 Å². The van der Waals surface area contributed by atoms with Crippen molar-refractivity contribution in [1.29, 1.82) is 0 Å². The van der Waals surface area contributed by atoms with Crippen molar-refractivity contribution in [3.8, 4) is 0 Å².